The number of hydrogen-bond acceptors (Lipinski definition) is 4. The van der Waals surface area contributed by atoms with Gasteiger partial charge < -0.3 is 10.2 Å². The second-order valence-corrected chi connectivity index (χ2v) is 4.12. The van der Waals surface area contributed by atoms with Gasteiger partial charge in [-0.25, -0.2) is 19.6 Å². The fourth-order valence-electron chi connectivity index (χ4n) is 1.00. The summed E-state index contributed by atoms with van der Waals surface area (Å²) in [6.07, 6.45) is 2.43. The second-order valence-electron chi connectivity index (χ2n) is 3.35. The molecule has 2 aromatic rings. The van der Waals surface area contributed by atoms with Crippen LogP contribution in [0.2, 0.25) is 10.3 Å². The number of rotatable bonds is 2. The van der Waals surface area contributed by atoms with Crippen LogP contribution in [-0.4, -0.2) is 32.1 Å². The molecule has 0 aliphatic heterocycles. The van der Waals surface area contributed by atoms with E-state index in [1.807, 2.05) is 0 Å². The average Bonchev–Trinajstić information content (AvgIpc) is 2.40. The molecule has 104 valence electrons. The molecule has 0 fully saturated rings. The lowest BCUT2D eigenvalue weighted by Gasteiger charge is -1.90. The van der Waals surface area contributed by atoms with Gasteiger partial charge in [0.05, 0.1) is 11.1 Å². The highest BCUT2D eigenvalue weighted by atomic mass is 35.5. The van der Waals surface area contributed by atoms with Crippen LogP contribution < -0.4 is 0 Å². The first-order valence-electron chi connectivity index (χ1n) is 5.10. The predicted octanol–water partition coefficient (Wildman–Crippen LogP) is 2.87. The molecule has 0 atom stereocenters. The molecule has 0 unspecified atom stereocenters. The molecule has 0 aliphatic rings. The van der Waals surface area contributed by atoms with E-state index in [-0.39, 0.29) is 11.1 Å². The van der Waals surface area contributed by atoms with Gasteiger partial charge in [-0.2, -0.15) is 0 Å². The van der Waals surface area contributed by atoms with E-state index in [0.29, 0.717) is 10.3 Å². The van der Waals surface area contributed by atoms with Crippen molar-refractivity contribution in [2.45, 2.75) is 0 Å². The standard InChI is InChI=1S/2C6H4ClNO2/c2*7-5-2-1-4(3-8-5)6(9)10/h2*1-3H,(H,9,10). The number of aromatic nitrogens is 2. The highest BCUT2D eigenvalue weighted by Gasteiger charge is 2.01. The summed E-state index contributed by atoms with van der Waals surface area (Å²) in [6.45, 7) is 0. The molecule has 0 spiro atoms. The van der Waals surface area contributed by atoms with Gasteiger partial charge in [-0.1, -0.05) is 23.2 Å². The maximum Gasteiger partial charge on any atom is 0.337 e. The second kappa shape index (κ2) is 7.42. The zero-order valence-corrected chi connectivity index (χ0v) is 11.3. The smallest absolute Gasteiger partial charge is 0.337 e. The van der Waals surface area contributed by atoms with Gasteiger partial charge in [0.15, 0.2) is 0 Å². The third kappa shape index (κ3) is 5.21. The Morgan fingerprint density at radius 3 is 1.35 bits per heavy atom. The minimum Gasteiger partial charge on any atom is -0.478 e. The van der Waals surface area contributed by atoms with E-state index >= 15 is 0 Å². The quantitative estimate of drug-likeness (QED) is 0.827. The summed E-state index contributed by atoms with van der Waals surface area (Å²) in [5.41, 5.74) is 0.286. The largest absolute Gasteiger partial charge is 0.478 e. The van der Waals surface area contributed by atoms with Crippen molar-refractivity contribution >= 4 is 35.1 Å². The van der Waals surface area contributed by atoms with Gasteiger partial charge in [0.1, 0.15) is 10.3 Å². The van der Waals surface area contributed by atoms with Gasteiger partial charge in [0.2, 0.25) is 0 Å². The molecule has 0 saturated carbocycles. The zero-order chi connectivity index (χ0) is 15.1. The molecular formula is C12H8Cl2N2O4. The summed E-state index contributed by atoms with van der Waals surface area (Å²) in [5, 5.41) is 17.4. The molecule has 8 heteroatoms. The Morgan fingerprint density at radius 2 is 1.15 bits per heavy atom. The van der Waals surface area contributed by atoms with Crippen molar-refractivity contribution in [3.05, 3.63) is 58.1 Å². The monoisotopic (exact) mass is 314 g/mol. The summed E-state index contributed by atoms with van der Waals surface area (Å²) >= 11 is 10.8. The van der Waals surface area contributed by atoms with Gasteiger partial charge >= 0.3 is 11.9 Å². The topological polar surface area (TPSA) is 100 Å². The van der Waals surface area contributed by atoms with Gasteiger partial charge in [-0.3, -0.25) is 0 Å². The van der Waals surface area contributed by atoms with E-state index in [1.54, 1.807) is 0 Å². The van der Waals surface area contributed by atoms with Crippen LogP contribution >= 0.6 is 23.2 Å². The number of carboxylic acids is 2. The molecule has 0 aromatic carbocycles. The molecule has 6 nitrogen and oxygen atoms in total. The van der Waals surface area contributed by atoms with Crippen LogP contribution in [0.3, 0.4) is 0 Å². The number of halogens is 2. The van der Waals surface area contributed by atoms with Crippen molar-refractivity contribution in [2.75, 3.05) is 0 Å². The van der Waals surface area contributed by atoms with Crippen LogP contribution in [0, 0.1) is 0 Å². The Labute approximate surface area is 123 Å². The summed E-state index contributed by atoms with van der Waals surface area (Å²) in [5.74, 6) is -1.99. The fourth-order valence-corrected chi connectivity index (χ4v) is 1.23. The van der Waals surface area contributed by atoms with Crippen LogP contribution in [-0.2, 0) is 0 Å². The SMILES string of the molecule is O=C(O)c1ccc(Cl)nc1.O=C(O)c1ccc(Cl)nc1. The molecule has 2 aromatic heterocycles. The molecule has 0 radical (unpaired) electrons. The fraction of sp³-hybridized carbons (Fsp3) is 0. The molecule has 20 heavy (non-hydrogen) atoms. The van der Waals surface area contributed by atoms with Crippen molar-refractivity contribution in [1.82, 2.24) is 9.97 Å². The molecule has 0 aliphatic carbocycles. The zero-order valence-electron chi connectivity index (χ0n) is 9.83. The van der Waals surface area contributed by atoms with Crippen LogP contribution in [0.4, 0.5) is 0 Å². The Hall–Kier alpha value is -2.18. The first kappa shape index (κ1) is 15.9. The first-order chi connectivity index (χ1) is 9.40. The molecule has 2 heterocycles. The molecule has 0 amide bonds. The summed E-state index contributed by atoms with van der Waals surface area (Å²) in [6, 6.07) is 5.67. The third-order valence-corrected chi connectivity index (χ3v) is 2.40. The average molecular weight is 315 g/mol. The lowest BCUT2D eigenvalue weighted by molar-refractivity contribution is 0.0685. The Bertz CT molecular complexity index is 544. The Balaban J connectivity index is 0.000000200. The number of nitrogens with zero attached hydrogens (tertiary/aromatic N) is 2. The van der Waals surface area contributed by atoms with Crippen LogP contribution in [0.1, 0.15) is 20.7 Å². The van der Waals surface area contributed by atoms with Gasteiger partial charge in [0, 0.05) is 12.4 Å². The highest BCUT2D eigenvalue weighted by molar-refractivity contribution is 6.29. The van der Waals surface area contributed by atoms with E-state index < -0.39 is 11.9 Å². The van der Waals surface area contributed by atoms with E-state index in [2.05, 4.69) is 9.97 Å². The number of carboxylic acid groups (broad SMARTS) is 2. The Morgan fingerprint density at radius 1 is 0.800 bits per heavy atom. The molecule has 2 rings (SSSR count). The molecule has 0 saturated heterocycles. The minimum atomic E-state index is -0.996. The lowest BCUT2D eigenvalue weighted by Crippen LogP contribution is -1.95. The number of pyridine rings is 2. The number of hydrogen-bond donors (Lipinski definition) is 2. The molecular weight excluding hydrogens is 307 g/mol. The minimum absolute atomic E-state index is 0.143. The van der Waals surface area contributed by atoms with E-state index in [1.165, 1.54) is 36.7 Å². The first-order valence-corrected chi connectivity index (χ1v) is 5.85. The van der Waals surface area contributed by atoms with Crippen LogP contribution in [0.25, 0.3) is 0 Å². The van der Waals surface area contributed by atoms with E-state index in [9.17, 15) is 9.59 Å². The predicted molar refractivity (Wildman–Crippen MR) is 72.4 cm³/mol. The van der Waals surface area contributed by atoms with Crippen molar-refractivity contribution in [2.24, 2.45) is 0 Å². The summed E-state index contributed by atoms with van der Waals surface area (Å²) < 4.78 is 0. The van der Waals surface area contributed by atoms with Crippen molar-refractivity contribution < 1.29 is 19.8 Å². The molecule has 2 N–H and O–H groups in total. The number of aromatic carboxylic acids is 2. The molecule has 0 bridgehead atoms. The van der Waals surface area contributed by atoms with Crippen molar-refractivity contribution in [3.8, 4) is 0 Å². The maximum atomic E-state index is 10.2. The summed E-state index contributed by atoms with van der Waals surface area (Å²) in [7, 11) is 0. The van der Waals surface area contributed by atoms with E-state index in [0.717, 1.165) is 0 Å². The third-order valence-electron chi connectivity index (χ3n) is 1.95. The summed E-state index contributed by atoms with van der Waals surface area (Å²) in [4.78, 5) is 27.6. The van der Waals surface area contributed by atoms with Gasteiger partial charge in [-0.15, -0.1) is 0 Å². The maximum absolute atomic E-state index is 10.2. The van der Waals surface area contributed by atoms with Gasteiger partial charge in [0.25, 0.3) is 0 Å². The lowest BCUT2D eigenvalue weighted by atomic mass is 10.3. The highest BCUT2D eigenvalue weighted by Crippen LogP contribution is 2.05. The number of carbonyl (C=O) groups is 2. The van der Waals surface area contributed by atoms with Crippen LogP contribution in [0.15, 0.2) is 36.7 Å². The van der Waals surface area contributed by atoms with Crippen molar-refractivity contribution in [3.63, 3.8) is 0 Å². The van der Waals surface area contributed by atoms with E-state index in [4.69, 9.17) is 33.4 Å². The van der Waals surface area contributed by atoms with Gasteiger partial charge in [-0.05, 0) is 24.3 Å². The Kier molecular flexibility index (Phi) is 5.89. The van der Waals surface area contributed by atoms with Crippen molar-refractivity contribution in [1.29, 1.82) is 0 Å². The van der Waals surface area contributed by atoms with Crippen LogP contribution in [0.5, 0.6) is 0 Å². The normalized spacial score (nSPS) is 9.30.